The molecule has 2 N–H and O–H groups in total. The van der Waals surface area contributed by atoms with Crippen LogP contribution in [0.1, 0.15) is 50.3 Å². The van der Waals surface area contributed by atoms with Crippen molar-refractivity contribution in [3.8, 4) is 0 Å². The number of nitrogens with zero attached hydrogens (tertiary/aromatic N) is 1. The highest BCUT2D eigenvalue weighted by Gasteiger charge is 2.38. The molecule has 3 rings (SSSR count). The molecule has 1 saturated carbocycles. The highest BCUT2D eigenvalue weighted by atomic mass is 16.3. The van der Waals surface area contributed by atoms with Crippen molar-refractivity contribution in [2.75, 3.05) is 6.54 Å². The van der Waals surface area contributed by atoms with Crippen LogP contribution in [0.15, 0.2) is 24.3 Å². The second-order valence-corrected chi connectivity index (χ2v) is 6.91. The van der Waals surface area contributed by atoms with Crippen LogP contribution in [0.2, 0.25) is 0 Å². The summed E-state index contributed by atoms with van der Waals surface area (Å²) in [5.74, 6) is -0.275. The van der Waals surface area contributed by atoms with Crippen LogP contribution >= 0.6 is 0 Å². The Morgan fingerprint density at radius 3 is 2.67 bits per heavy atom. The van der Waals surface area contributed by atoms with E-state index in [1.165, 1.54) is 11.1 Å². The van der Waals surface area contributed by atoms with Gasteiger partial charge in [0, 0.05) is 12.5 Å². The van der Waals surface area contributed by atoms with Crippen molar-refractivity contribution in [1.29, 1.82) is 0 Å². The van der Waals surface area contributed by atoms with E-state index in [1.54, 1.807) is 6.92 Å². The van der Waals surface area contributed by atoms with E-state index in [0.29, 0.717) is 6.54 Å². The Labute approximate surface area is 143 Å². The van der Waals surface area contributed by atoms with Gasteiger partial charge in [0.05, 0.1) is 12.1 Å². The molecule has 1 aliphatic heterocycles. The predicted molar refractivity (Wildman–Crippen MR) is 91.2 cm³/mol. The minimum Gasteiger partial charge on any atom is -0.391 e. The van der Waals surface area contributed by atoms with Crippen LogP contribution < -0.4 is 5.32 Å². The third-order valence-electron chi connectivity index (χ3n) is 5.08. The second kappa shape index (κ2) is 6.93. The number of aliphatic hydroxyl groups excluding tert-OH is 1. The van der Waals surface area contributed by atoms with Gasteiger partial charge in [-0.1, -0.05) is 31.2 Å². The standard InChI is InChI=1S/C19H26N2O3/c1-3-16-15-7-5-4-6-13(15)10-11-21(16)19(24)17(12(2)22)20-18(23)14-8-9-14/h4-7,12,14,16-17,22H,3,8-11H2,1-2H3,(H,20,23). The smallest absolute Gasteiger partial charge is 0.248 e. The van der Waals surface area contributed by atoms with Crippen LogP contribution in [-0.2, 0) is 16.0 Å². The molecule has 3 unspecified atom stereocenters. The van der Waals surface area contributed by atoms with E-state index in [2.05, 4.69) is 24.4 Å². The van der Waals surface area contributed by atoms with E-state index in [0.717, 1.165) is 25.7 Å². The first-order chi connectivity index (χ1) is 11.5. The predicted octanol–water partition coefficient (Wildman–Crippen LogP) is 1.80. The topological polar surface area (TPSA) is 69.6 Å². The summed E-state index contributed by atoms with van der Waals surface area (Å²) in [5, 5.41) is 12.8. The monoisotopic (exact) mass is 330 g/mol. The lowest BCUT2D eigenvalue weighted by molar-refractivity contribution is -0.142. The van der Waals surface area contributed by atoms with E-state index in [4.69, 9.17) is 0 Å². The van der Waals surface area contributed by atoms with Gasteiger partial charge in [0.25, 0.3) is 0 Å². The first-order valence-corrected chi connectivity index (χ1v) is 8.89. The van der Waals surface area contributed by atoms with Gasteiger partial charge in [0.15, 0.2) is 0 Å². The normalized spacial score (nSPS) is 22.5. The minimum atomic E-state index is -0.908. The fourth-order valence-electron chi connectivity index (χ4n) is 3.54. The molecule has 0 saturated heterocycles. The molecule has 1 aromatic rings. The van der Waals surface area contributed by atoms with Crippen molar-refractivity contribution in [2.45, 2.75) is 57.7 Å². The molecule has 3 atom stereocenters. The summed E-state index contributed by atoms with van der Waals surface area (Å²) in [6, 6.07) is 7.34. The molecule has 1 aliphatic carbocycles. The highest BCUT2D eigenvalue weighted by molar-refractivity contribution is 5.90. The molecule has 5 heteroatoms. The number of amides is 2. The van der Waals surface area contributed by atoms with E-state index < -0.39 is 12.1 Å². The van der Waals surface area contributed by atoms with Crippen molar-refractivity contribution in [3.63, 3.8) is 0 Å². The SMILES string of the molecule is CCC1c2ccccc2CCN1C(=O)C(NC(=O)C1CC1)C(C)O. The molecule has 2 amide bonds. The molecule has 0 radical (unpaired) electrons. The maximum atomic E-state index is 13.0. The zero-order valence-electron chi connectivity index (χ0n) is 14.4. The van der Waals surface area contributed by atoms with Crippen molar-refractivity contribution >= 4 is 11.8 Å². The Morgan fingerprint density at radius 1 is 1.33 bits per heavy atom. The molecule has 1 heterocycles. The fraction of sp³-hybridized carbons (Fsp3) is 0.579. The van der Waals surface area contributed by atoms with Crippen LogP contribution in [0.5, 0.6) is 0 Å². The number of benzene rings is 1. The Balaban J connectivity index is 1.80. The molecule has 0 bridgehead atoms. The number of carbonyl (C=O) groups excluding carboxylic acids is 2. The average molecular weight is 330 g/mol. The summed E-state index contributed by atoms with van der Waals surface area (Å²) in [5.41, 5.74) is 2.46. The Kier molecular flexibility index (Phi) is 4.90. The maximum absolute atomic E-state index is 13.0. The molecule has 1 fully saturated rings. The highest BCUT2D eigenvalue weighted by Crippen LogP contribution is 2.33. The number of nitrogens with one attached hydrogen (secondary N) is 1. The third kappa shape index (κ3) is 3.31. The summed E-state index contributed by atoms with van der Waals surface area (Å²) >= 11 is 0. The molecule has 0 spiro atoms. The third-order valence-corrected chi connectivity index (χ3v) is 5.08. The maximum Gasteiger partial charge on any atom is 0.248 e. The van der Waals surface area contributed by atoms with Gasteiger partial charge in [-0.05, 0) is 43.7 Å². The molecule has 2 aliphatic rings. The molecular weight excluding hydrogens is 304 g/mol. The fourth-order valence-corrected chi connectivity index (χ4v) is 3.54. The summed E-state index contributed by atoms with van der Waals surface area (Å²) in [4.78, 5) is 26.9. The van der Waals surface area contributed by atoms with Gasteiger partial charge < -0.3 is 15.3 Å². The summed E-state index contributed by atoms with van der Waals surface area (Å²) in [7, 11) is 0. The Bertz CT molecular complexity index is 625. The Hall–Kier alpha value is -1.88. The van der Waals surface area contributed by atoms with E-state index in [9.17, 15) is 14.7 Å². The zero-order chi connectivity index (χ0) is 17.3. The van der Waals surface area contributed by atoms with Crippen LogP contribution in [-0.4, -0.2) is 40.5 Å². The van der Waals surface area contributed by atoms with Gasteiger partial charge in [-0.2, -0.15) is 0 Å². The number of rotatable bonds is 5. The molecule has 24 heavy (non-hydrogen) atoms. The van der Waals surface area contributed by atoms with Gasteiger partial charge in [-0.15, -0.1) is 0 Å². The van der Waals surface area contributed by atoms with Crippen molar-refractivity contribution in [1.82, 2.24) is 10.2 Å². The number of hydrogen-bond donors (Lipinski definition) is 2. The van der Waals surface area contributed by atoms with Gasteiger partial charge in [-0.25, -0.2) is 0 Å². The van der Waals surface area contributed by atoms with Crippen molar-refractivity contribution in [3.05, 3.63) is 35.4 Å². The molecule has 0 aromatic heterocycles. The molecular formula is C19H26N2O3. The number of hydrogen-bond acceptors (Lipinski definition) is 3. The summed E-state index contributed by atoms with van der Waals surface area (Å²) in [6.45, 7) is 4.25. The second-order valence-electron chi connectivity index (χ2n) is 6.91. The molecule has 5 nitrogen and oxygen atoms in total. The van der Waals surface area contributed by atoms with Crippen LogP contribution in [0.25, 0.3) is 0 Å². The van der Waals surface area contributed by atoms with Gasteiger partial charge >= 0.3 is 0 Å². The first kappa shape index (κ1) is 17.0. The number of carbonyl (C=O) groups is 2. The van der Waals surface area contributed by atoms with E-state index in [-0.39, 0.29) is 23.8 Å². The number of aliphatic hydroxyl groups is 1. The summed E-state index contributed by atoms with van der Waals surface area (Å²) in [6.07, 6.45) is 2.46. The quantitative estimate of drug-likeness (QED) is 0.865. The van der Waals surface area contributed by atoms with Crippen LogP contribution in [0, 0.1) is 5.92 Å². The lowest BCUT2D eigenvalue weighted by Gasteiger charge is -2.39. The minimum absolute atomic E-state index is 0.00141. The largest absolute Gasteiger partial charge is 0.391 e. The zero-order valence-corrected chi connectivity index (χ0v) is 14.4. The lowest BCUT2D eigenvalue weighted by atomic mass is 9.90. The van der Waals surface area contributed by atoms with Gasteiger partial charge in [-0.3, -0.25) is 9.59 Å². The van der Waals surface area contributed by atoms with Crippen molar-refractivity contribution in [2.24, 2.45) is 5.92 Å². The number of fused-ring (bicyclic) bond motifs is 1. The van der Waals surface area contributed by atoms with E-state index in [1.807, 2.05) is 17.0 Å². The summed E-state index contributed by atoms with van der Waals surface area (Å²) < 4.78 is 0. The molecule has 1 aromatic carbocycles. The van der Waals surface area contributed by atoms with E-state index >= 15 is 0 Å². The van der Waals surface area contributed by atoms with Crippen LogP contribution in [0.3, 0.4) is 0 Å². The van der Waals surface area contributed by atoms with Gasteiger partial charge in [0.1, 0.15) is 6.04 Å². The molecule has 130 valence electrons. The van der Waals surface area contributed by atoms with Crippen LogP contribution in [0.4, 0.5) is 0 Å². The first-order valence-electron chi connectivity index (χ1n) is 8.89. The average Bonchev–Trinajstić information content (AvgIpc) is 3.42. The lowest BCUT2D eigenvalue weighted by Crippen LogP contribution is -2.55. The Morgan fingerprint density at radius 2 is 2.04 bits per heavy atom. The van der Waals surface area contributed by atoms with Crippen molar-refractivity contribution < 1.29 is 14.7 Å². The van der Waals surface area contributed by atoms with Gasteiger partial charge in [0.2, 0.25) is 11.8 Å².